The van der Waals surface area contributed by atoms with Gasteiger partial charge in [-0.15, -0.1) is 0 Å². The number of carbonyl (C=O) groups excluding carboxylic acids is 1. The molecule has 1 aromatic carbocycles. The fraction of sp³-hybridized carbons (Fsp3) is 0.235. The van der Waals surface area contributed by atoms with Crippen molar-refractivity contribution in [2.45, 2.75) is 26.8 Å². The number of hydrogen-bond donors (Lipinski definition) is 1. The van der Waals surface area contributed by atoms with Crippen LogP contribution in [-0.4, -0.2) is 15.7 Å². The minimum Gasteiger partial charge on any atom is -0.423 e. The van der Waals surface area contributed by atoms with E-state index in [1.165, 1.54) is 6.07 Å². The molecule has 3 aromatic rings. The normalized spacial score (nSPS) is 10.9. The lowest BCUT2D eigenvalue weighted by Crippen LogP contribution is -2.14. The Labute approximate surface area is 132 Å². The topological polar surface area (TPSA) is 77.1 Å². The lowest BCUT2D eigenvalue weighted by Gasteiger charge is -2.07. The van der Waals surface area contributed by atoms with Gasteiger partial charge in [0.15, 0.2) is 0 Å². The van der Waals surface area contributed by atoms with Crippen molar-refractivity contribution in [1.29, 1.82) is 0 Å². The zero-order chi connectivity index (χ0) is 16.4. The highest BCUT2D eigenvalue weighted by Gasteiger charge is 2.07. The van der Waals surface area contributed by atoms with Crippen molar-refractivity contribution in [2.24, 2.45) is 0 Å². The molecular weight excluding hydrogens is 294 g/mol. The van der Waals surface area contributed by atoms with Crippen LogP contribution in [0.5, 0.6) is 0 Å². The van der Waals surface area contributed by atoms with Crippen LogP contribution in [0.1, 0.15) is 17.7 Å². The number of amides is 1. The van der Waals surface area contributed by atoms with E-state index in [9.17, 15) is 9.59 Å². The number of carbonyl (C=O) groups is 1. The SMILES string of the molecule is Cc1ccn(CCC(=O)Nc2ccc3c(C)cc(=O)oc3c2)n1. The number of aromatic nitrogens is 2. The Hall–Kier alpha value is -2.89. The van der Waals surface area contributed by atoms with Crippen molar-refractivity contribution in [3.05, 3.63) is 58.2 Å². The molecule has 23 heavy (non-hydrogen) atoms. The summed E-state index contributed by atoms with van der Waals surface area (Å²) in [6, 6.07) is 8.64. The van der Waals surface area contributed by atoms with Crippen LogP contribution < -0.4 is 10.9 Å². The van der Waals surface area contributed by atoms with E-state index in [1.807, 2.05) is 32.2 Å². The van der Waals surface area contributed by atoms with E-state index >= 15 is 0 Å². The molecule has 0 aliphatic carbocycles. The molecule has 0 fully saturated rings. The standard InChI is InChI=1S/C17H17N3O3/c1-11-9-17(22)23-15-10-13(3-4-14(11)15)18-16(21)6-8-20-7-5-12(2)19-20/h3-5,7,9-10H,6,8H2,1-2H3,(H,18,21). The molecule has 0 atom stereocenters. The van der Waals surface area contributed by atoms with Crippen molar-refractivity contribution in [3.63, 3.8) is 0 Å². The number of benzene rings is 1. The molecule has 0 unspecified atom stereocenters. The summed E-state index contributed by atoms with van der Waals surface area (Å²) in [5, 5.41) is 7.90. The number of nitrogens with zero attached hydrogens (tertiary/aromatic N) is 2. The van der Waals surface area contributed by atoms with Crippen molar-refractivity contribution in [1.82, 2.24) is 9.78 Å². The van der Waals surface area contributed by atoms with E-state index in [2.05, 4.69) is 10.4 Å². The van der Waals surface area contributed by atoms with Crippen molar-refractivity contribution in [2.75, 3.05) is 5.32 Å². The Kier molecular flexibility index (Phi) is 3.97. The fourth-order valence-corrected chi connectivity index (χ4v) is 2.43. The predicted octanol–water partition coefficient (Wildman–Crippen LogP) is 2.64. The lowest BCUT2D eigenvalue weighted by molar-refractivity contribution is -0.116. The van der Waals surface area contributed by atoms with Gasteiger partial charge in [0.2, 0.25) is 5.91 Å². The number of nitrogens with one attached hydrogen (secondary N) is 1. The Bertz CT molecular complexity index is 924. The van der Waals surface area contributed by atoms with E-state index in [-0.39, 0.29) is 5.91 Å². The molecule has 0 radical (unpaired) electrons. The van der Waals surface area contributed by atoms with E-state index in [4.69, 9.17) is 4.42 Å². The molecular formula is C17H17N3O3. The Morgan fingerprint density at radius 1 is 1.26 bits per heavy atom. The summed E-state index contributed by atoms with van der Waals surface area (Å²) in [6.07, 6.45) is 2.16. The molecule has 3 rings (SSSR count). The van der Waals surface area contributed by atoms with Crippen LogP contribution in [0.2, 0.25) is 0 Å². The highest BCUT2D eigenvalue weighted by atomic mass is 16.4. The van der Waals surface area contributed by atoms with Gasteiger partial charge in [-0.05, 0) is 37.6 Å². The van der Waals surface area contributed by atoms with Crippen molar-refractivity contribution in [3.8, 4) is 0 Å². The molecule has 118 valence electrons. The summed E-state index contributed by atoms with van der Waals surface area (Å²) in [6.45, 7) is 4.27. The predicted molar refractivity (Wildman–Crippen MR) is 87.4 cm³/mol. The van der Waals surface area contributed by atoms with Gasteiger partial charge in [-0.3, -0.25) is 9.48 Å². The molecule has 2 aromatic heterocycles. The van der Waals surface area contributed by atoms with E-state index < -0.39 is 5.63 Å². The first kappa shape index (κ1) is 15.0. The molecule has 0 saturated carbocycles. The Morgan fingerprint density at radius 2 is 2.09 bits per heavy atom. The molecule has 0 aliphatic rings. The van der Waals surface area contributed by atoms with Crippen molar-refractivity contribution < 1.29 is 9.21 Å². The maximum absolute atomic E-state index is 12.0. The van der Waals surface area contributed by atoms with Crippen molar-refractivity contribution >= 4 is 22.6 Å². The zero-order valence-corrected chi connectivity index (χ0v) is 13.0. The lowest BCUT2D eigenvalue weighted by atomic mass is 10.1. The third-order valence-electron chi connectivity index (χ3n) is 3.58. The van der Waals surface area contributed by atoms with Gasteiger partial charge >= 0.3 is 5.63 Å². The first-order valence-corrected chi connectivity index (χ1v) is 7.36. The van der Waals surface area contributed by atoms with E-state index in [1.54, 1.807) is 16.8 Å². The third-order valence-corrected chi connectivity index (χ3v) is 3.58. The molecule has 0 saturated heterocycles. The molecule has 6 nitrogen and oxygen atoms in total. The van der Waals surface area contributed by atoms with Crippen LogP contribution in [0, 0.1) is 13.8 Å². The summed E-state index contributed by atoms with van der Waals surface area (Å²) in [4.78, 5) is 23.5. The summed E-state index contributed by atoms with van der Waals surface area (Å²) >= 11 is 0. The number of aryl methyl sites for hydroxylation is 3. The van der Waals surface area contributed by atoms with Crippen LogP contribution in [0.3, 0.4) is 0 Å². The van der Waals surface area contributed by atoms with Crippen LogP contribution in [0.15, 0.2) is 45.7 Å². The average molecular weight is 311 g/mol. The summed E-state index contributed by atoms with van der Waals surface area (Å²) in [7, 11) is 0. The van der Waals surface area contributed by atoms with Gasteiger partial charge in [0.1, 0.15) is 5.58 Å². The second-order valence-corrected chi connectivity index (χ2v) is 5.48. The van der Waals surface area contributed by atoms with E-state index in [0.717, 1.165) is 16.6 Å². The first-order chi connectivity index (χ1) is 11.0. The van der Waals surface area contributed by atoms with Gasteiger partial charge in [0, 0.05) is 42.4 Å². The monoisotopic (exact) mass is 311 g/mol. The second-order valence-electron chi connectivity index (χ2n) is 5.48. The molecule has 0 spiro atoms. The highest BCUT2D eigenvalue weighted by Crippen LogP contribution is 2.20. The van der Waals surface area contributed by atoms with Gasteiger partial charge < -0.3 is 9.73 Å². The fourth-order valence-electron chi connectivity index (χ4n) is 2.43. The van der Waals surface area contributed by atoms with Gasteiger partial charge in [-0.25, -0.2) is 4.79 Å². The smallest absolute Gasteiger partial charge is 0.336 e. The number of hydrogen-bond acceptors (Lipinski definition) is 4. The maximum Gasteiger partial charge on any atom is 0.336 e. The third kappa shape index (κ3) is 3.48. The maximum atomic E-state index is 12.0. The van der Waals surface area contributed by atoms with Crippen LogP contribution >= 0.6 is 0 Å². The van der Waals surface area contributed by atoms with E-state index in [0.29, 0.717) is 24.2 Å². The average Bonchev–Trinajstić information content (AvgIpc) is 2.90. The van der Waals surface area contributed by atoms with Gasteiger partial charge in [0.25, 0.3) is 0 Å². The van der Waals surface area contributed by atoms with Crippen LogP contribution in [-0.2, 0) is 11.3 Å². The highest BCUT2D eigenvalue weighted by molar-refractivity contribution is 5.93. The van der Waals surface area contributed by atoms with Crippen LogP contribution in [0.4, 0.5) is 5.69 Å². The molecule has 0 bridgehead atoms. The van der Waals surface area contributed by atoms with Crippen LogP contribution in [0.25, 0.3) is 11.0 Å². The molecule has 2 heterocycles. The minimum absolute atomic E-state index is 0.118. The van der Waals surface area contributed by atoms with Gasteiger partial charge in [-0.1, -0.05) is 0 Å². The van der Waals surface area contributed by atoms with Gasteiger partial charge in [0.05, 0.1) is 5.69 Å². The number of fused-ring (bicyclic) bond motifs is 1. The first-order valence-electron chi connectivity index (χ1n) is 7.36. The molecule has 1 amide bonds. The second kappa shape index (κ2) is 6.08. The Balaban J connectivity index is 1.70. The quantitative estimate of drug-likeness (QED) is 0.751. The zero-order valence-electron chi connectivity index (χ0n) is 13.0. The summed E-state index contributed by atoms with van der Waals surface area (Å²) < 4.78 is 6.91. The molecule has 1 N–H and O–H groups in total. The number of rotatable bonds is 4. The summed E-state index contributed by atoms with van der Waals surface area (Å²) in [5.74, 6) is -0.118. The van der Waals surface area contributed by atoms with Gasteiger partial charge in [-0.2, -0.15) is 5.10 Å². The molecule has 0 aliphatic heterocycles. The molecule has 6 heteroatoms. The number of anilines is 1. The Morgan fingerprint density at radius 3 is 2.83 bits per heavy atom. The largest absolute Gasteiger partial charge is 0.423 e. The summed E-state index contributed by atoms with van der Waals surface area (Å²) in [5.41, 5.74) is 2.45. The minimum atomic E-state index is -0.396.